The van der Waals surface area contributed by atoms with Gasteiger partial charge < -0.3 is 0 Å². The number of nitrogens with two attached hydrogens (primary N) is 1. The molecule has 1 aromatic heterocycles. The van der Waals surface area contributed by atoms with Gasteiger partial charge in [0.1, 0.15) is 0 Å². The van der Waals surface area contributed by atoms with Crippen LogP contribution in [0.1, 0.15) is 19.5 Å². The molecule has 0 saturated carbocycles. The molecule has 100 valence electrons. The maximum Gasteiger partial charge on any atom is 0.0420 e. The van der Waals surface area contributed by atoms with E-state index < -0.39 is 0 Å². The van der Waals surface area contributed by atoms with Crippen LogP contribution in [0.3, 0.4) is 0 Å². The lowest BCUT2D eigenvalue weighted by molar-refractivity contribution is 0.516. The molecular formula is C13H21N3S2. The summed E-state index contributed by atoms with van der Waals surface area (Å²) in [5.74, 6) is 6.90. The van der Waals surface area contributed by atoms with Crippen molar-refractivity contribution in [3.05, 3.63) is 30.1 Å². The zero-order valence-electron chi connectivity index (χ0n) is 10.9. The van der Waals surface area contributed by atoms with E-state index in [9.17, 15) is 0 Å². The van der Waals surface area contributed by atoms with Crippen LogP contribution in [-0.4, -0.2) is 32.5 Å². The molecule has 2 heterocycles. The monoisotopic (exact) mass is 283 g/mol. The summed E-state index contributed by atoms with van der Waals surface area (Å²) in [6.45, 7) is 4.62. The van der Waals surface area contributed by atoms with Gasteiger partial charge in [-0.05, 0) is 12.1 Å². The molecule has 4 atom stereocenters. The van der Waals surface area contributed by atoms with E-state index in [0.29, 0.717) is 16.5 Å². The third-order valence-corrected chi connectivity index (χ3v) is 6.94. The maximum atomic E-state index is 5.73. The van der Waals surface area contributed by atoms with E-state index in [1.165, 1.54) is 0 Å². The molecule has 0 spiro atoms. The molecule has 1 fully saturated rings. The van der Waals surface area contributed by atoms with Gasteiger partial charge >= 0.3 is 0 Å². The molecule has 18 heavy (non-hydrogen) atoms. The number of hydrogen-bond acceptors (Lipinski definition) is 5. The van der Waals surface area contributed by atoms with Crippen molar-refractivity contribution >= 4 is 23.5 Å². The van der Waals surface area contributed by atoms with Gasteiger partial charge in [0.15, 0.2) is 0 Å². The normalized spacial score (nSPS) is 30.1. The molecule has 2 rings (SSSR count). The first-order valence-corrected chi connectivity index (χ1v) is 8.33. The minimum atomic E-state index is 0.298. The summed E-state index contributed by atoms with van der Waals surface area (Å²) in [5.41, 5.74) is 4.09. The number of rotatable bonds is 4. The Hall–Kier alpha value is -0.230. The zero-order valence-corrected chi connectivity index (χ0v) is 12.5. The molecule has 3 nitrogen and oxygen atoms in total. The molecule has 1 saturated heterocycles. The average Bonchev–Trinajstić information content (AvgIpc) is 2.40. The molecule has 3 N–H and O–H groups in total. The number of nitrogens with one attached hydrogen (secondary N) is 1. The van der Waals surface area contributed by atoms with Crippen LogP contribution in [0.15, 0.2) is 24.4 Å². The van der Waals surface area contributed by atoms with Crippen molar-refractivity contribution in [1.82, 2.24) is 10.4 Å². The molecule has 1 aromatic rings. The van der Waals surface area contributed by atoms with Crippen molar-refractivity contribution in [3.63, 3.8) is 0 Å². The molecule has 0 bridgehead atoms. The minimum absolute atomic E-state index is 0.298. The van der Waals surface area contributed by atoms with Crippen LogP contribution in [0.25, 0.3) is 0 Å². The second-order valence-electron chi connectivity index (χ2n) is 4.72. The van der Waals surface area contributed by atoms with E-state index in [1.54, 1.807) is 0 Å². The highest BCUT2D eigenvalue weighted by atomic mass is 32.2. The van der Waals surface area contributed by atoms with Crippen LogP contribution in [0.5, 0.6) is 0 Å². The average molecular weight is 283 g/mol. The highest BCUT2D eigenvalue weighted by Crippen LogP contribution is 2.37. The highest BCUT2D eigenvalue weighted by molar-refractivity contribution is 8.07. The van der Waals surface area contributed by atoms with Crippen molar-refractivity contribution < 1.29 is 0 Å². The van der Waals surface area contributed by atoms with Gasteiger partial charge in [-0.15, -0.1) is 0 Å². The van der Waals surface area contributed by atoms with Gasteiger partial charge in [0.05, 0.1) is 0 Å². The fraction of sp³-hybridized carbons (Fsp3) is 0.615. The van der Waals surface area contributed by atoms with E-state index in [2.05, 4.69) is 53.8 Å². The van der Waals surface area contributed by atoms with Crippen molar-refractivity contribution in [2.75, 3.05) is 5.75 Å². The van der Waals surface area contributed by atoms with E-state index in [1.807, 2.05) is 18.3 Å². The molecule has 0 radical (unpaired) electrons. The molecule has 0 aromatic carbocycles. The smallest absolute Gasteiger partial charge is 0.0420 e. The Labute approximate surface area is 118 Å². The molecule has 0 aliphatic carbocycles. The summed E-state index contributed by atoms with van der Waals surface area (Å²) < 4.78 is 0. The first-order chi connectivity index (χ1) is 8.70. The van der Waals surface area contributed by atoms with E-state index in [4.69, 9.17) is 5.84 Å². The van der Waals surface area contributed by atoms with Gasteiger partial charge in [0.25, 0.3) is 0 Å². The van der Waals surface area contributed by atoms with Crippen molar-refractivity contribution in [3.8, 4) is 0 Å². The van der Waals surface area contributed by atoms with E-state index in [0.717, 1.165) is 23.1 Å². The quantitative estimate of drug-likeness (QED) is 0.654. The predicted molar refractivity (Wildman–Crippen MR) is 81.8 cm³/mol. The third-order valence-electron chi connectivity index (χ3n) is 3.39. The van der Waals surface area contributed by atoms with Gasteiger partial charge in [0.2, 0.25) is 0 Å². The Kier molecular flexibility index (Phi) is 5.36. The standard InChI is InChI=1S/C13H21N3S2/c1-9-10(2)18-13(8-17-9)12(16-14)7-11-5-3-4-6-15-11/h3-6,9-10,12-13,16H,7-8,14H2,1-2H3. The Morgan fingerprint density at radius 3 is 2.89 bits per heavy atom. The molecular weight excluding hydrogens is 262 g/mol. The summed E-state index contributed by atoms with van der Waals surface area (Å²) >= 11 is 4.11. The van der Waals surface area contributed by atoms with Crippen molar-refractivity contribution in [2.45, 2.75) is 42.1 Å². The molecule has 0 amide bonds. The Balaban J connectivity index is 1.97. The van der Waals surface area contributed by atoms with Crippen LogP contribution < -0.4 is 11.3 Å². The summed E-state index contributed by atoms with van der Waals surface area (Å²) in [6, 6.07) is 6.34. The number of pyridine rings is 1. The molecule has 1 aliphatic rings. The van der Waals surface area contributed by atoms with Gasteiger partial charge in [-0.1, -0.05) is 19.9 Å². The van der Waals surface area contributed by atoms with Crippen molar-refractivity contribution in [1.29, 1.82) is 0 Å². The lowest BCUT2D eigenvalue weighted by atomic mass is 10.1. The number of nitrogens with zero attached hydrogens (tertiary/aromatic N) is 1. The lowest BCUT2D eigenvalue weighted by Gasteiger charge is -2.35. The fourth-order valence-electron chi connectivity index (χ4n) is 2.06. The minimum Gasteiger partial charge on any atom is -0.271 e. The first kappa shape index (κ1) is 14.2. The number of thioether (sulfide) groups is 2. The van der Waals surface area contributed by atoms with Crippen LogP contribution in [0.2, 0.25) is 0 Å². The zero-order chi connectivity index (χ0) is 13.0. The van der Waals surface area contributed by atoms with Crippen LogP contribution >= 0.6 is 23.5 Å². The van der Waals surface area contributed by atoms with Gasteiger partial charge in [-0.3, -0.25) is 16.3 Å². The lowest BCUT2D eigenvalue weighted by Crippen LogP contribution is -2.47. The Bertz CT molecular complexity index is 361. The maximum absolute atomic E-state index is 5.73. The summed E-state index contributed by atoms with van der Waals surface area (Å²) in [7, 11) is 0. The Morgan fingerprint density at radius 2 is 2.28 bits per heavy atom. The fourth-order valence-corrected chi connectivity index (χ4v) is 5.17. The SMILES string of the molecule is CC1SCC(C(Cc2ccccn2)NN)SC1C. The largest absolute Gasteiger partial charge is 0.271 e. The summed E-state index contributed by atoms with van der Waals surface area (Å²) in [5, 5.41) is 1.99. The van der Waals surface area contributed by atoms with Gasteiger partial charge in [0, 0.05) is 45.9 Å². The Morgan fingerprint density at radius 1 is 1.44 bits per heavy atom. The van der Waals surface area contributed by atoms with E-state index >= 15 is 0 Å². The first-order valence-electron chi connectivity index (χ1n) is 6.34. The third kappa shape index (κ3) is 3.63. The van der Waals surface area contributed by atoms with Crippen LogP contribution in [0.4, 0.5) is 0 Å². The predicted octanol–water partition coefficient (Wildman–Crippen LogP) is 2.08. The van der Waals surface area contributed by atoms with Crippen LogP contribution in [-0.2, 0) is 6.42 Å². The second kappa shape index (κ2) is 6.80. The number of hydrazine groups is 1. The number of aromatic nitrogens is 1. The second-order valence-corrected chi connectivity index (χ2v) is 7.75. The molecule has 4 unspecified atom stereocenters. The van der Waals surface area contributed by atoms with Gasteiger partial charge in [-0.25, -0.2) is 0 Å². The molecule has 5 heteroatoms. The van der Waals surface area contributed by atoms with Crippen molar-refractivity contribution in [2.24, 2.45) is 5.84 Å². The summed E-state index contributed by atoms with van der Waals surface area (Å²) in [4.78, 5) is 4.38. The van der Waals surface area contributed by atoms with E-state index in [-0.39, 0.29) is 0 Å². The van der Waals surface area contributed by atoms with Crippen LogP contribution in [0, 0.1) is 0 Å². The summed E-state index contributed by atoms with van der Waals surface area (Å²) in [6.07, 6.45) is 2.74. The molecule has 1 aliphatic heterocycles. The topological polar surface area (TPSA) is 50.9 Å². The number of hydrogen-bond donors (Lipinski definition) is 2. The van der Waals surface area contributed by atoms with Gasteiger partial charge in [-0.2, -0.15) is 23.5 Å². The highest BCUT2D eigenvalue weighted by Gasteiger charge is 2.30.